The van der Waals surface area contributed by atoms with Crippen molar-refractivity contribution in [2.75, 3.05) is 13.7 Å². The number of carboxylic acid groups (broad SMARTS) is 1. The summed E-state index contributed by atoms with van der Waals surface area (Å²) in [6, 6.07) is 1.64. The zero-order valence-electron chi connectivity index (χ0n) is 10.7. The number of nitrogens with two attached hydrogens (primary N) is 1. The second-order valence-electron chi connectivity index (χ2n) is 4.04. The topological polar surface area (TPSA) is 102 Å². The lowest BCUT2D eigenvalue weighted by Crippen LogP contribution is -2.44. The second kappa shape index (κ2) is 7.88. The molecule has 0 aliphatic rings. The highest BCUT2D eigenvalue weighted by Gasteiger charge is 2.25. The molecule has 19 heavy (non-hydrogen) atoms. The minimum Gasteiger partial charge on any atom is -0.479 e. The van der Waals surface area contributed by atoms with Crippen LogP contribution >= 0.6 is 11.3 Å². The Morgan fingerprint density at radius 1 is 1.58 bits per heavy atom. The summed E-state index contributed by atoms with van der Waals surface area (Å²) in [5.41, 5.74) is 5.70. The molecule has 4 N–H and O–H groups in total. The van der Waals surface area contributed by atoms with Crippen molar-refractivity contribution in [3.8, 4) is 0 Å². The molecule has 0 radical (unpaired) electrons. The summed E-state index contributed by atoms with van der Waals surface area (Å²) in [4.78, 5) is 23.5. The minimum absolute atomic E-state index is 0.455. The number of carbonyl (C=O) groups excluding carboxylic acids is 1. The number of ether oxygens (including phenoxy) is 1. The van der Waals surface area contributed by atoms with E-state index in [-0.39, 0.29) is 0 Å². The summed E-state index contributed by atoms with van der Waals surface area (Å²) < 4.78 is 4.87. The number of amides is 1. The van der Waals surface area contributed by atoms with Gasteiger partial charge in [-0.1, -0.05) is 6.07 Å². The predicted molar refractivity (Wildman–Crippen MR) is 71.9 cm³/mol. The minimum atomic E-state index is -1.10. The maximum Gasteiger partial charge on any atom is 0.331 e. The highest BCUT2D eigenvalue weighted by molar-refractivity contribution is 7.10. The summed E-state index contributed by atoms with van der Waals surface area (Å²) in [5, 5.41) is 13.3. The van der Waals surface area contributed by atoms with Crippen LogP contribution in [0.15, 0.2) is 17.5 Å². The smallest absolute Gasteiger partial charge is 0.331 e. The largest absolute Gasteiger partial charge is 0.479 e. The van der Waals surface area contributed by atoms with Gasteiger partial charge in [0.25, 0.3) is 0 Å². The zero-order valence-corrected chi connectivity index (χ0v) is 11.5. The highest BCUT2D eigenvalue weighted by atomic mass is 32.1. The molecule has 1 heterocycles. The molecular formula is C12H18N2O4S. The van der Waals surface area contributed by atoms with Crippen molar-refractivity contribution in [3.63, 3.8) is 0 Å². The third kappa shape index (κ3) is 4.98. The van der Waals surface area contributed by atoms with Crippen molar-refractivity contribution in [3.05, 3.63) is 22.4 Å². The number of carbonyl (C=O) groups is 2. The molecule has 0 saturated heterocycles. The number of thiophene rings is 1. The molecule has 0 fully saturated rings. The van der Waals surface area contributed by atoms with Crippen LogP contribution in [-0.2, 0) is 14.3 Å². The molecule has 2 atom stereocenters. The van der Waals surface area contributed by atoms with Crippen LogP contribution in [0, 0.1) is 0 Å². The van der Waals surface area contributed by atoms with Gasteiger partial charge in [0, 0.05) is 18.6 Å². The molecule has 0 aromatic carbocycles. The van der Waals surface area contributed by atoms with Gasteiger partial charge in [-0.3, -0.25) is 4.79 Å². The van der Waals surface area contributed by atoms with Crippen molar-refractivity contribution in [1.29, 1.82) is 0 Å². The molecule has 1 aromatic rings. The Morgan fingerprint density at radius 2 is 2.32 bits per heavy atom. The number of hydrogen-bond acceptors (Lipinski definition) is 5. The van der Waals surface area contributed by atoms with Crippen LogP contribution in [0.2, 0.25) is 0 Å². The SMILES string of the molecule is COCCCC(N)C(=O)NC(C(=O)O)c1cccs1. The fourth-order valence-corrected chi connectivity index (χ4v) is 2.31. The summed E-state index contributed by atoms with van der Waals surface area (Å²) in [7, 11) is 1.57. The first-order chi connectivity index (χ1) is 9.06. The van der Waals surface area contributed by atoms with Gasteiger partial charge in [0.05, 0.1) is 6.04 Å². The maximum absolute atomic E-state index is 11.8. The van der Waals surface area contributed by atoms with Gasteiger partial charge in [-0.25, -0.2) is 4.79 Å². The van der Waals surface area contributed by atoms with Crippen LogP contribution in [0.4, 0.5) is 0 Å². The zero-order chi connectivity index (χ0) is 14.3. The molecule has 0 aliphatic heterocycles. The average Bonchev–Trinajstić information content (AvgIpc) is 2.88. The van der Waals surface area contributed by atoms with Crippen LogP contribution in [0.5, 0.6) is 0 Å². The molecule has 7 heteroatoms. The highest BCUT2D eigenvalue weighted by Crippen LogP contribution is 2.19. The number of methoxy groups -OCH3 is 1. The number of rotatable bonds is 8. The van der Waals surface area contributed by atoms with Crippen LogP contribution in [0.3, 0.4) is 0 Å². The van der Waals surface area contributed by atoms with Crippen molar-refractivity contribution >= 4 is 23.2 Å². The van der Waals surface area contributed by atoms with Gasteiger partial charge in [-0.2, -0.15) is 0 Å². The Hall–Kier alpha value is -1.44. The van der Waals surface area contributed by atoms with Gasteiger partial charge >= 0.3 is 5.97 Å². The van der Waals surface area contributed by atoms with E-state index in [1.807, 2.05) is 0 Å². The van der Waals surface area contributed by atoms with E-state index in [9.17, 15) is 9.59 Å². The molecule has 2 unspecified atom stereocenters. The molecule has 0 bridgehead atoms. The predicted octanol–water partition coefficient (Wildman–Crippen LogP) is 0.744. The van der Waals surface area contributed by atoms with Gasteiger partial charge in [-0.15, -0.1) is 11.3 Å². The van der Waals surface area contributed by atoms with Gasteiger partial charge in [0.1, 0.15) is 0 Å². The Balaban J connectivity index is 2.55. The molecule has 0 saturated carbocycles. The van der Waals surface area contributed by atoms with Crippen LogP contribution < -0.4 is 11.1 Å². The van der Waals surface area contributed by atoms with E-state index < -0.39 is 24.0 Å². The molecule has 0 aliphatic carbocycles. The Bertz CT molecular complexity index is 408. The van der Waals surface area contributed by atoms with Gasteiger partial charge in [0.2, 0.25) is 5.91 Å². The number of carboxylic acids is 1. The maximum atomic E-state index is 11.8. The van der Waals surface area contributed by atoms with Crippen molar-refractivity contribution in [1.82, 2.24) is 5.32 Å². The van der Waals surface area contributed by atoms with Crippen LogP contribution in [0.25, 0.3) is 0 Å². The van der Waals surface area contributed by atoms with E-state index >= 15 is 0 Å². The van der Waals surface area contributed by atoms with E-state index in [1.165, 1.54) is 11.3 Å². The summed E-state index contributed by atoms with van der Waals surface area (Å²) in [6.45, 7) is 0.522. The molecule has 106 valence electrons. The van der Waals surface area contributed by atoms with Gasteiger partial charge in [-0.05, 0) is 24.3 Å². The first-order valence-corrected chi connectivity index (χ1v) is 6.75. The number of nitrogens with one attached hydrogen (secondary N) is 1. The van der Waals surface area contributed by atoms with Crippen LogP contribution in [-0.4, -0.2) is 36.7 Å². The Labute approximate surface area is 115 Å². The molecule has 1 aromatic heterocycles. The lowest BCUT2D eigenvalue weighted by molar-refractivity contribution is -0.142. The van der Waals surface area contributed by atoms with E-state index in [0.717, 1.165) is 0 Å². The summed E-state index contributed by atoms with van der Waals surface area (Å²) >= 11 is 1.28. The fraction of sp³-hybridized carbons (Fsp3) is 0.500. The fourth-order valence-electron chi connectivity index (χ4n) is 1.54. The normalized spacial score (nSPS) is 13.8. The second-order valence-corrected chi connectivity index (χ2v) is 5.02. The lowest BCUT2D eigenvalue weighted by Gasteiger charge is -2.16. The molecule has 1 rings (SSSR count). The van der Waals surface area contributed by atoms with Gasteiger partial charge < -0.3 is 20.9 Å². The van der Waals surface area contributed by atoms with E-state index in [4.69, 9.17) is 15.6 Å². The van der Waals surface area contributed by atoms with Crippen molar-refractivity contribution in [2.45, 2.75) is 24.9 Å². The standard InChI is InChI=1S/C12H18N2O4S/c1-18-6-2-4-8(13)11(15)14-10(12(16)17)9-5-3-7-19-9/h3,5,7-8,10H,2,4,6,13H2,1H3,(H,14,15)(H,16,17). The van der Waals surface area contributed by atoms with E-state index in [1.54, 1.807) is 24.6 Å². The first-order valence-electron chi connectivity index (χ1n) is 5.87. The Morgan fingerprint density at radius 3 is 2.84 bits per heavy atom. The van der Waals surface area contributed by atoms with Gasteiger partial charge in [0.15, 0.2) is 6.04 Å². The summed E-state index contributed by atoms with van der Waals surface area (Å²) in [5.74, 6) is -1.56. The molecular weight excluding hydrogens is 268 g/mol. The Kier molecular flexibility index (Phi) is 6.48. The third-order valence-corrected chi connectivity index (χ3v) is 3.50. The summed E-state index contributed by atoms with van der Waals surface area (Å²) in [6.07, 6.45) is 1.11. The van der Waals surface area contributed by atoms with E-state index in [0.29, 0.717) is 24.3 Å². The monoisotopic (exact) mass is 286 g/mol. The van der Waals surface area contributed by atoms with E-state index in [2.05, 4.69) is 5.32 Å². The van der Waals surface area contributed by atoms with Crippen molar-refractivity contribution < 1.29 is 19.4 Å². The molecule has 0 spiro atoms. The van der Waals surface area contributed by atoms with Crippen molar-refractivity contribution in [2.24, 2.45) is 5.73 Å². The first kappa shape index (κ1) is 15.6. The third-order valence-electron chi connectivity index (χ3n) is 2.56. The molecule has 6 nitrogen and oxygen atoms in total. The van der Waals surface area contributed by atoms with Crippen LogP contribution in [0.1, 0.15) is 23.8 Å². The quantitative estimate of drug-likeness (QED) is 0.612. The number of hydrogen-bond donors (Lipinski definition) is 3. The molecule has 1 amide bonds. The average molecular weight is 286 g/mol. The number of aliphatic carboxylic acids is 1. The lowest BCUT2D eigenvalue weighted by atomic mass is 10.1.